The van der Waals surface area contributed by atoms with Crippen molar-refractivity contribution in [2.24, 2.45) is 5.73 Å². The fourth-order valence-corrected chi connectivity index (χ4v) is 1.24. The van der Waals surface area contributed by atoms with Crippen LogP contribution < -0.4 is 11.1 Å². The first kappa shape index (κ1) is 11.8. The molecule has 4 heteroatoms. The van der Waals surface area contributed by atoms with Crippen LogP contribution in [0.1, 0.15) is 12.5 Å². The molecule has 1 rings (SSSR count). The Morgan fingerprint density at radius 2 is 1.94 bits per heavy atom. The van der Waals surface area contributed by atoms with Gasteiger partial charge in [-0.3, -0.25) is 4.79 Å². The molecule has 0 atom stereocenters. The minimum absolute atomic E-state index is 0.0550. The molecule has 0 aromatic heterocycles. The Balaban J connectivity index is 2.93. The lowest BCUT2D eigenvalue weighted by Gasteiger charge is -2.07. The Hall–Kier alpha value is -2.28. The molecule has 0 bridgehead atoms. The van der Waals surface area contributed by atoms with E-state index in [-0.39, 0.29) is 5.57 Å². The molecule has 0 heterocycles. The molecule has 3 N–H and O–H groups in total. The second kappa shape index (κ2) is 4.99. The largest absolute Gasteiger partial charge is 0.365 e. The van der Waals surface area contributed by atoms with E-state index in [9.17, 15) is 4.79 Å². The molecule has 0 aliphatic heterocycles. The number of rotatable bonds is 3. The van der Waals surface area contributed by atoms with Gasteiger partial charge in [0.15, 0.2) is 0 Å². The van der Waals surface area contributed by atoms with E-state index >= 15 is 0 Å². The molecule has 0 saturated heterocycles. The second-order valence-electron chi connectivity index (χ2n) is 3.47. The van der Waals surface area contributed by atoms with Crippen LogP contribution in [-0.4, -0.2) is 5.91 Å². The Labute approximate surface area is 94.4 Å². The van der Waals surface area contributed by atoms with Crippen molar-refractivity contribution in [3.63, 3.8) is 0 Å². The van der Waals surface area contributed by atoms with Gasteiger partial charge in [0.1, 0.15) is 11.6 Å². The number of nitrogens with one attached hydrogen (secondary N) is 1. The highest BCUT2D eigenvalue weighted by atomic mass is 16.1. The van der Waals surface area contributed by atoms with Gasteiger partial charge in [0, 0.05) is 11.4 Å². The van der Waals surface area contributed by atoms with Gasteiger partial charge in [-0.2, -0.15) is 5.26 Å². The third-order valence-corrected chi connectivity index (χ3v) is 2.12. The third kappa shape index (κ3) is 2.85. The van der Waals surface area contributed by atoms with Crippen LogP contribution in [0.15, 0.2) is 35.5 Å². The molecule has 82 valence electrons. The predicted octanol–water partition coefficient (Wildman–Crippen LogP) is 1.69. The zero-order valence-corrected chi connectivity index (χ0v) is 9.24. The Morgan fingerprint density at radius 1 is 1.38 bits per heavy atom. The number of amides is 1. The minimum Gasteiger partial charge on any atom is -0.365 e. The van der Waals surface area contributed by atoms with Crippen LogP contribution in [-0.2, 0) is 4.79 Å². The van der Waals surface area contributed by atoms with Crippen molar-refractivity contribution in [1.29, 1.82) is 5.26 Å². The third-order valence-electron chi connectivity index (χ3n) is 2.12. The lowest BCUT2D eigenvalue weighted by molar-refractivity contribution is -0.114. The number of carbonyl (C=O) groups is 1. The van der Waals surface area contributed by atoms with Gasteiger partial charge in [0.2, 0.25) is 0 Å². The fourth-order valence-electron chi connectivity index (χ4n) is 1.24. The smallest absolute Gasteiger partial charge is 0.261 e. The summed E-state index contributed by atoms with van der Waals surface area (Å²) >= 11 is 0. The van der Waals surface area contributed by atoms with E-state index in [1.165, 1.54) is 0 Å². The van der Waals surface area contributed by atoms with E-state index in [1.807, 2.05) is 31.2 Å². The van der Waals surface area contributed by atoms with Crippen molar-refractivity contribution < 1.29 is 4.79 Å². The Morgan fingerprint density at radius 3 is 2.38 bits per heavy atom. The van der Waals surface area contributed by atoms with E-state index in [0.29, 0.717) is 5.70 Å². The first-order chi connectivity index (χ1) is 7.54. The average molecular weight is 215 g/mol. The summed E-state index contributed by atoms with van der Waals surface area (Å²) in [7, 11) is 0. The topological polar surface area (TPSA) is 78.9 Å². The summed E-state index contributed by atoms with van der Waals surface area (Å²) in [5, 5.41) is 11.7. The summed E-state index contributed by atoms with van der Waals surface area (Å²) in [6, 6.07) is 9.39. The van der Waals surface area contributed by atoms with E-state index in [2.05, 4.69) is 5.32 Å². The highest BCUT2D eigenvalue weighted by Crippen LogP contribution is 2.13. The van der Waals surface area contributed by atoms with Crippen molar-refractivity contribution in [2.45, 2.75) is 13.8 Å². The number of nitrogens with two attached hydrogens (primary N) is 1. The van der Waals surface area contributed by atoms with Gasteiger partial charge >= 0.3 is 0 Å². The van der Waals surface area contributed by atoms with Gasteiger partial charge < -0.3 is 11.1 Å². The zero-order valence-electron chi connectivity index (χ0n) is 9.24. The van der Waals surface area contributed by atoms with Gasteiger partial charge in [-0.15, -0.1) is 0 Å². The summed E-state index contributed by atoms with van der Waals surface area (Å²) in [5.74, 6) is -0.723. The molecule has 0 saturated carbocycles. The number of hydrogen-bond acceptors (Lipinski definition) is 3. The molecule has 0 unspecified atom stereocenters. The van der Waals surface area contributed by atoms with Gasteiger partial charge in [-0.1, -0.05) is 17.7 Å². The standard InChI is InChI=1S/C12H13N3O/c1-8-3-5-10(6-4-8)15-9(2)11(7-13)12(14)16/h3-6,15H,1-2H3,(H2,14,16)/b11-9+. The number of hydrogen-bond donors (Lipinski definition) is 2. The molecule has 16 heavy (non-hydrogen) atoms. The van der Waals surface area contributed by atoms with Crippen molar-refractivity contribution in [3.05, 3.63) is 41.1 Å². The van der Waals surface area contributed by atoms with Crippen molar-refractivity contribution in [3.8, 4) is 6.07 Å². The monoisotopic (exact) mass is 215 g/mol. The number of aryl methyl sites for hydroxylation is 1. The van der Waals surface area contributed by atoms with Gasteiger partial charge in [-0.25, -0.2) is 0 Å². The van der Waals surface area contributed by atoms with E-state index in [4.69, 9.17) is 11.0 Å². The molecular formula is C12H13N3O. The number of nitrogens with zero attached hydrogens (tertiary/aromatic N) is 1. The summed E-state index contributed by atoms with van der Waals surface area (Å²) in [6.07, 6.45) is 0. The predicted molar refractivity (Wildman–Crippen MR) is 62.3 cm³/mol. The van der Waals surface area contributed by atoms with E-state index in [0.717, 1.165) is 11.3 Å². The van der Waals surface area contributed by atoms with Crippen LogP contribution in [0.3, 0.4) is 0 Å². The summed E-state index contributed by atoms with van der Waals surface area (Å²) < 4.78 is 0. The maximum atomic E-state index is 10.9. The molecule has 1 aromatic rings. The molecule has 1 aromatic carbocycles. The number of benzene rings is 1. The van der Waals surface area contributed by atoms with Crippen LogP contribution in [0.2, 0.25) is 0 Å². The fraction of sp³-hybridized carbons (Fsp3) is 0.167. The number of allylic oxidation sites excluding steroid dienone is 1. The summed E-state index contributed by atoms with van der Waals surface area (Å²) in [4.78, 5) is 10.9. The first-order valence-corrected chi connectivity index (χ1v) is 4.79. The lowest BCUT2D eigenvalue weighted by atomic mass is 10.2. The molecule has 1 amide bonds. The van der Waals surface area contributed by atoms with Crippen molar-refractivity contribution in [2.75, 3.05) is 5.32 Å². The highest BCUT2D eigenvalue weighted by Gasteiger charge is 2.08. The number of carbonyl (C=O) groups excluding carboxylic acids is 1. The SMILES string of the molecule is C/C(Nc1ccc(C)cc1)=C(/C#N)C(N)=O. The van der Waals surface area contributed by atoms with Gasteiger partial charge in [-0.05, 0) is 26.0 Å². The Kier molecular flexibility index (Phi) is 3.67. The van der Waals surface area contributed by atoms with Gasteiger partial charge in [0.25, 0.3) is 5.91 Å². The Bertz CT molecular complexity index is 466. The van der Waals surface area contributed by atoms with Crippen LogP contribution in [0.4, 0.5) is 5.69 Å². The van der Waals surface area contributed by atoms with Crippen LogP contribution >= 0.6 is 0 Å². The summed E-state index contributed by atoms with van der Waals surface area (Å²) in [5.41, 5.74) is 7.43. The second-order valence-corrected chi connectivity index (χ2v) is 3.47. The van der Waals surface area contributed by atoms with Gasteiger partial charge in [0.05, 0.1) is 0 Å². The maximum absolute atomic E-state index is 10.9. The average Bonchev–Trinajstić information content (AvgIpc) is 2.22. The van der Waals surface area contributed by atoms with Crippen molar-refractivity contribution >= 4 is 11.6 Å². The summed E-state index contributed by atoms with van der Waals surface area (Å²) in [6.45, 7) is 3.62. The maximum Gasteiger partial charge on any atom is 0.261 e. The normalized spacial score (nSPS) is 11.3. The van der Waals surface area contributed by atoms with Crippen LogP contribution in [0.5, 0.6) is 0 Å². The minimum atomic E-state index is -0.723. The highest BCUT2D eigenvalue weighted by molar-refractivity contribution is 5.97. The molecule has 0 spiro atoms. The molecular weight excluding hydrogens is 202 g/mol. The quantitative estimate of drug-likeness (QED) is 0.594. The number of anilines is 1. The number of nitriles is 1. The van der Waals surface area contributed by atoms with E-state index < -0.39 is 5.91 Å². The first-order valence-electron chi connectivity index (χ1n) is 4.79. The molecule has 0 aliphatic carbocycles. The zero-order chi connectivity index (χ0) is 12.1. The van der Waals surface area contributed by atoms with E-state index in [1.54, 1.807) is 13.0 Å². The molecule has 0 fully saturated rings. The molecule has 0 radical (unpaired) electrons. The van der Waals surface area contributed by atoms with Crippen LogP contribution in [0, 0.1) is 18.3 Å². The number of primary amides is 1. The lowest BCUT2D eigenvalue weighted by Crippen LogP contribution is -2.16. The molecule has 4 nitrogen and oxygen atoms in total. The van der Waals surface area contributed by atoms with Crippen LogP contribution in [0.25, 0.3) is 0 Å². The molecule has 0 aliphatic rings. The van der Waals surface area contributed by atoms with Crippen molar-refractivity contribution in [1.82, 2.24) is 0 Å².